The molecule has 8 heteroatoms. The van der Waals surface area contributed by atoms with Crippen LogP contribution in [0.3, 0.4) is 0 Å². The van der Waals surface area contributed by atoms with Gasteiger partial charge >= 0.3 is 0 Å². The summed E-state index contributed by atoms with van der Waals surface area (Å²) in [5.74, 6) is -0.107. The molecule has 1 aromatic heterocycles. The van der Waals surface area contributed by atoms with Gasteiger partial charge in [-0.15, -0.1) is 0 Å². The van der Waals surface area contributed by atoms with Gasteiger partial charge in [-0.3, -0.25) is 9.48 Å². The van der Waals surface area contributed by atoms with Crippen LogP contribution >= 0.6 is 0 Å². The molecule has 1 amide bonds. The maximum Gasteiger partial charge on any atom is 0.246 e. The lowest BCUT2D eigenvalue weighted by atomic mass is 10.2. The highest BCUT2D eigenvalue weighted by Gasteiger charge is 2.33. The molecule has 1 aliphatic heterocycles. The Morgan fingerprint density at radius 3 is 2.26 bits per heavy atom. The SMILES string of the molecule is Cc1nn(C)c(C)c1S(=O)(=O)N1CCN(C(=O)C=Cc2ccccc2)CC1. The lowest BCUT2D eigenvalue weighted by molar-refractivity contribution is -0.127. The summed E-state index contributed by atoms with van der Waals surface area (Å²) >= 11 is 0. The summed E-state index contributed by atoms with van der Waals surface area (Å²) in [7, 11) is -1.88. The van der Waals surface area contributed by atoms with Gasteiger partial charge in [-0.05, 0) is 25.5 Å². The van der Waals surface area contributed by atoms with Crippen LogP contribution in [0.1, 0.15) is 17.0 Å². The Kier molecular flexibility index (Phi) is 5.48. The van der Waals surface area contributed by atoms with E-state index >= 15 is 0 Å². The Bertz CT molecular complexity index is 956. The van der Waals surface area contributed by atoms with E-state index in [1.165, 1.54) is 10.4 Å². The number of carbonyl (C=O) groups is 1. The second-order valence-corrected chi connectivity index (χ2v) is 8.47. The molecule has 0 bridgehead atoms. The van der Waals surface area contributed by atoms with Crippen LogP contribution in [-0.4, -0.2) is 59.5 Å². The van der Waals surface area contributed by atoms with Crippen molar-refractivity contribution in [3.8, 4) is 0 Å². The minimum absolute atomic E-state index is 0.107. The third-order valence-electron chi connectivity index (χ3n) is 4.81. The normalized spacial score (nSPS) is 16.2. The van der Waals surface area contributed by atoms with Crippen LogP contribution in [0.15, 0.2) is 41.3 Å². The summed E-state index contributed by atoms with van der Waals surface area (Å²) in [5, 5.41) is 4.21. The van der Waals surface area contributed by atoms with Gasteiger partial charge in [0.2, 0.25) is 15.9 Å². The zero-order valence-electron chi connectivity index (χ0n) is 15.8. The molecule has 144 valence electrons. The van der Waals surface area contributed by atoms with E-state index in [0.29, 0.717) is 24.5 Å². The minimum Gasteiger partial charge on any atom is -0.337 e. The van der Waals surface area contributed by atoms with Crippen molar-refractivity contribution in [2.24, 2.45) is 7.05 Å². The van der Waals surface area contributed by atoms with E-state index in [4.69, 9.17) is 0 Å². The number of sulfonamides is 1. The number of piperazine rings is 1. The van der Waals surface area contributed by atoms with Crippen LogP contribution in [0.5, 0.6) is 0 Å². The lowest BCUT2D eigenvalue weighted by Crippen LogP contribution is -2.50. The van der Waals surface area contributed by atoms with Crippen LogP contribution in [0.4, 0.5) is 0 Å². The minimum atomic E-state index is -3.61. The van der Waals surface area contributed by atoms with Gasteiger partial charge in [0.15, 0.2) is 0 Å². The monoisotopic (exact) mass is 388 g/mol. The van der Waals surface area contributed by atoms with Gasteiger partial charge in [0, 0.05) is 39.3 Å². The van der Waals surface area contributed by atoms with Crippen molar-refractivity contribution in [2.45, 2.75) is 18.7 Å². The predicted octanol–water partition coefficient (Wildman–Crippen LogP) is 1.58. The van der Waals surface area contributed by atoms with Crippen molar-refractivity contribution in [3.63, 3.8) is 0 Å². The summed E-state index contributed by atoms with van der Waals surface area (Å²) < 4.78 is 29.0. The Morgan fingerprint density at radius 1 is 1.07 bits per heavy atom. The average molecular weight is 388 g/mol. The van der Waals surface area contributed by atoms with E-state index in [0.717, 1.165) is 5.56 Å². The van der Waals surface area contributed by atoms with Crippen molar-refractivity contribution in [1.82, 2.24) is 19.0 Å². The highest BCUT2D eigenvalue weighted by Crippen LogP contribution is 2.24. The first-order valence-corrected chi connectivity index (χ1v) is 10.3. The molecule has 1 aromatic carbocycles. The van der Waals surface area contributed by atoms with Crippen molar-refractivity contribution >= 4 is 22.0 Å². The zero-order valence-corrected chi connectivity index (χ0v) is 16.6. The largest absolute Gasteiger partial charge is 0.337 e. The van der Waals surface area contributed by atoms with Crippen molar-refractivity contribution in [2.75, 3.05) is 26.2 Å². The van der Waals surface area contributed by atoms with Crippen LogP contribution in [0.2, 0.25) is 0 Å². The van der Waals surface area contributed by atoms with Gasteiger partial charge in [-0.2, -0.15) is 9.40 Å². The van der Waals surface area contributed by atoms with Gasteiger partial charge in [0.1, 0.15) is 4.90 Å². The van der Waals surface area contributed by atoms with E-state index in [1.807, 2.05) is 30.3 Å². The number of aromatic nitrogens is 2. The van der Waals surface area contributed by atoms with E-state index in [2.05, 4.69) is 5.10 Å². The third-order valence-corrected chi connectivity index (χ3v) is 6.96. The number of hydrogen-bond acceptors (Lipinski definition) is 4. The number of aryl methyl sites for hydroxylation is 2. The van der Waals surface area contributed by atoms with Gasteiger partial charge in [-0.1, -0.05) is 30.3 Å². The number of nitrogens with zero attached hydrogens (tertiary/aromatic N) is 4. The zero-order chi connectivity index (χ0) is 19.6. The van der Waals surface area contributed by atoms with Crippen LogP contribution in [0.25, 0.3) is 6.08 Å². The van der Waals surface area contributed by atoms with Crippen molar-refractivity contribution < 1.29 is 13.2 Å². The first kappa shape index (κ1) is 19.3. The molecule has 0 saturated carbocycles. The molecule has 27 heavy (non-hydrogen) atoms. The number of amides is 1. The second kappa shape index (κ2) is 7.66. The molecule has 0 spiro atoms. The molecular formula is C19H24N4O3S. The maximum atomic E-state index is 13.0. The summed E-state index contributed by atoms with van der Waals surface area (Å²) in [4.78, 5) is 14.3. The van der Waals surface area contributed by atoms with E-state index in [1.54, 1.807) is 36.6 Å². The fraction of sp³-hybridized carbons (Fsp3) is 0.368. The Balaban J connectivity index is 1.66. The maximum absolute atomic E-state index is 13.0. The van der Waals surface area contributed by atoms with E-state index in [9.17, 15) is 13.2 Å². The second-order valence-electron chi connectivity index (χ2n) is 6.60. The molecule has 0 atom stereocenters. The Morgan fingerprint density at radius 2 is 1.70 bits per heavy atom. The molecule has 0 aliphatic carbocycles. The highest BCUT2D eigenvalue weighted by molar-refractivity contribution is 7.89. The molecule has 7 nitrogen and oxygen atoms in total. The van der Waals surface area contributed by atoms with Crippen LogP contribution in [0, 0.1) is 13.8 Å². The first-order valence-electron chi connectivity index (χ1n) is 8.83. The summed E-state index contributed by atoms with van der Waals surface area (Å²) in [6.07, 6.45) is 3.31. The molecule has 1 aliphatic rings. The first-order chi connectivity index (χ1) is 12.8. The van der Waals surface area contributed by atoms with Crippen LogP contribution in [-0.2, 0) is 21.9 Å². The standard InChI is InChI=1S/C19H24N4O3S/c1-15-19(16(2)21(3)20-15)27(25,26)23-13-11-22(12-14-23)18(24)10-9-17-7-5-4-6-8-17/h4-10H,11-14H2,1-3H3. The van der Waals surface area contributed by atoms with Crippen molar-refractivity contribution in [1.29, 1.82) is 0 Å². The number of hydrogen-bond donors (Lipinski definition) is 0. The molecule has 2 aromatic rings. The Hall–Kier alpha value is -2.45. The number of carbonyl (C=O) groups excluding carboxylic acids is 1. The van der Waals surface area contributed by atoms with Gasteiger partial charge in [0.05, 0.1) is 11.4 Å². The number of benzene rings is 1. The topological polar surface area (TPSA) is 75.5 Å². The smallest absolute Gasteiger partial charge is 0.246 e. The quantitative estimate of drug-likeness (QED) is 0.746. The third kappa shape index (κ3) is 3.96. The Labute approximate surface area is 159 Å². The predicted molar refractivity (Wildman–Crippen MR) is 103 cm³/mol. The fourth-order valence-electron chi connectivity index (χ4n) is 3.24. The van der Waals surface area contributed by atoms with Gasteiger partial charge < -0.3 is 4.90 Å². The molecule has 1 saturated heterocycles. The number of rotatable bonds is 4. The highest BCUT2D eigenvalue weighted by atomic mass is 32.2. The van der Waals surface area contributed by atoms with Crippen LogP contribution < -0.4 is 0 Å². The summed E-state index contributed by atoms with van der Waals surface area (Å²) in [6.45, 7) is 4.75. The molecule has 3 rings (SSSR count). The van der Waals surface area contributed by atoms with Crippen molar-refractivity contribution in [3.05, 3.63) is 53.4 Å². The molecule has 0 N–H and O–H groups in total. The molecule has 2 heterocycles. The molecule has 1 fully saturated rings. The summed E-state index contributed by atoms with van der Waals surface area (Å²) in [6, 6.07) is 9.59. The molecular weight excluding hydrogens is 364 g/mol. The average Bonchev–Trinajstić information content (AvgIpc) is 2.93. The van der Waals surface area contributed by atoms with E-state index < -0.39 is 10.0 Å². The molecule has 0 radical (unpaired) electrons. The lowest BCUT2D eigenvalue weighted by Gasteiger charge is -2.33. The summed E-state index contributed by atoms with van der Waals surface area (Å²) in [5.41, 5.74) is 2.07. The van der Waals surface area contributed by atoms with Gasteiger partial charge in [0.25, 0.3) is 0 Å². The van der Waals surface area contributed by atoms with E-state index in [-0.39, 0.29) is 23.9 Å². The fourth-order valence-corrected chi connectivity index (χ4v) is 5.06. The van der Waals surface area contributed by atoms with Gasteiger partial charge in [-0.25, -0.2) is 8.42 Å². The molecule has 0 unspecified atom stereocenters.